The number of hydrogen-bond acceptors (Lipinski definition) is 2. The van der Waals surface area contributed by atoms with Crippen LogP contribution in [0.3, 0.4) is 0 Å². The summed E-state index contributed by atoms with van der Waals surface area (Å²) < 4.78 is 0. The second-order valence-corrected chi connectivity index (χ2v) is 6.99. The van der Waals surface area contributed by atoms with Gasteiger partial charge in [0, 0.05) is 24.0 Å². The lowest BCUT2D eigenvalue weighted by Gasteiger charge is -2.10. The van der Waals surface area contributed by atoms with Crippen molar-refractivity contribution in [1.82, 2.24) is 5.32 Å². The summed E-state index contributed by atoms with van der Waals surface area (Å²) in [5, 5.41) is 4.21. The van der Waals surface area contributed by atoms with E-state index in [4.69, 9.17) is 23.2 Å². The van der Waals surface area contributed by atoms with Crippen LogP contribution < -0.4 is 5.32 Å². The van der Waals surface area contributed by atoms with E-state index in [2.05, 4.69) is 5.32 Å². The Balaban J connectivity index is 1.61. The van der Waals surface area contributed by atoms with Crippen molar-refractivity contribution in [2.45, 2.75) is 31.4 Å². The van der Waals surface area contributed by atoms with Crippen LogP contribution in [0.15, 0.2) is 18.2 Å². The molecule has 1 aromatic rings. The first kappa shape index (κ1) is 16.0. The number of carbonyl (C=O) groups excluding carboxylic acids is 1. The highest BCUT2D eigenvalue weighted by atomic mass is 35.5. The fraction of sp³-hybridized carbons (Fsp3) is 0.533. The normalized spacial score (nSPS) is 15.5. The van der Waals surface area contributed by atoms with Crippen molar-refractivity contribution in [2.75, 3.05) is 12.3 Å². The first-order valence-electron chi connectivity index (χ1n) is 6.96. The lowest BCUT2D eigenvalue weighted by atomic mass is 10.1. The molecule has 0 unspecified atom stereocenters. The molecule has 1 saturated carbocycles. The minimum Gasteiger partial charge on any atom is -0.355 e. The summed E-state index contributed by atoms with van der Waals surface area (Å²) >= 11 is 13.6. The first-order chi connectivity index (χ1) is 9.66. The van der Waals surface area contributed by atoms with Crippen molar-refractivity contribution >= 4 is 40.9 Å². The Morgan fingerprint density at radius 2 is 2.00 bits per heavy atom. The Kier molecular flexibility index (Phi) is 6.53. The summed E-state index contributed by atoms with van der Waals surface area (Å²) in [6.45, 7) is 0.737. The average molecular weight is 332 g/mol. The number of hydrogen-bond donors (Lipinski definition) is 1. The molecule has 1 aliphatic carbocycles. The first-order valence-corrected chi connectivity index (χ1v) is 8.87. The maximum absolute atomic E-state index is 11.8. The van der Waals surface area contributed by atoms with E-state index >= 15 is 0 Å². The largest absolute Gasteiger partial charge is 0.355 e. The number of rotatable bonds is 6. The van der Waals surface area contributed by atoms with Gasteiger partial charge in [0.15, 0.2) is 0 Å². The van der Waals surface area contributed by atoms with Crippen molar-refractivity contribution in [3.05, 3.63) is 33.8 Å². The Labute approximate surface area is 134 Å². The van der Waals surface area contributed by atoms with Gasteiger partial charge in [-0.2, -0.15) is 11.8 Å². The molecule has 0 spiro atoms. The van der Waals surface area contributed by atoms with Gasteiger partial charge >= 0.3 is 0 Å². The lowest BCUT2D eigenvalue weighted by Crippen LogP contribution is -2.31. The topological polar surface area (TPSA) is 29.1 Å². The molecule has 0 aromatic heterocycles. The number of benzene rings is 1. The molecule has 20 heavy (non-hydrogen) atoms. The SMILES string of the molecule is O=C(NCCSCc1ccc(Cl)c(Cl)c1)C1CCCC1. The predicted octanol–water partition coefficient (Wildman–Crippen LogP) is 4.53. The number of carbonyl (C=O) groups is 1. The van der Waals surface area contributed by atoms with E-state index in [-0.39, 0.29) is 11.8 Å². The maximum Gasteiger partial charge on any atom is 0.223 e. The number of nitrogens with one attached hydrogen (secondary N) is 1. The summed E-state index contributed by atoms with van der Waals surface area (Å²) in [6.07, 6.45) is 4.51. The van der Waals surface area contributed by atoms with Crippen LogP contribution in [0, 0.1) is 5.92 Å². The molecular weight excluding hydrogens is 313 g/mol. The van der Waals surface area contributed by atoms with E-state index < -0.39 is 0 Å². The molecule has 1 aromatic carbocycles. The second-order valence-electron chi connectivity index (χ2n) is 5.07. The number of halogens is 2. The maximum atomic E-state index is 11.8. The predicted molar refractivity (Wildman–Crippen MR) is 87.6 cm³/mol. The van der Waals surface area contributed by atoms with Crippen molar-refractivity contribution in [3.63, 3.8) is 0 Å². The molecule has 1 amide bonds. The van der Waals surface area contributed by atoms with Crippen LogP contribution in [0.4, 0.5) is 0 Å². The van der Waals surface area contributed by atoms with Gasteiger partial charge in [-0.3, -0.25) is 4.79 Å². The lowest BCUT2D eigenvalue weighted by molar-refractivity contribution is -0.124. The zero-order chi connectivity index (χ0) is 14.4. The molecular formula is C15H19Cl2NOS. The number of thioether (sulfide) groups is 1. The molecule has 0 saturated heterocycles. The van der Waals surface area contributed by atoms with Crippen molar-refractivity contribution in [1.29, 1.82) is 0 Å². The highest BCUT2D eigenvalue weighted by molar-refractivity contribution is 7.98. The summed E-state index contributed by atoms with van der Waals surface area (Å²) in [4.78, 5) is 11.8. The highest BCUT2D eigenvalue weighted by Crippen LogP contribution is 2.25. The molecule has 0 bridgehead atoms. The van der Waals surface area contributed by atoms with Gasteiger partial charge in [0.2, 0.25) is 5.91 Å². The summed E-state index contributed by atoms with van der Waals surface area (Å²) in [5.41, 5.74) is 1.16. The molecule has 0 atom stereocenters. The van der Waals surface area contributed by atoms with Gasteiger partial charge in [0.25, 0.3) is 0 Å². The summed E-state index contributed by atoms with van der Waals surface area (Å²) in [7, 11) is 0. The second kappa shape index (κ2) is 8.16. The van der Waals surface area contributed by atoms with Gasteiger partial charge in [-0.05, 0) is 30.5 Å². The van der Waals surface area contributed by atoms with Crippen LogP contribution in [0.1, 0.15) is 31.2 Å². The van der Waals surface area contributed by atoms with Crippen molar-refractivity contribution in [2.24, 2.45) is 5.92 Å². The van der Waals surface area contributed by atoms with Crippen LogP contribution in [0.2, 0.25) is 10.0 Å². The molecule has 1 aliphatic rings. The molecule has 0 aliphatic heterocycles. The van der Waals surface area contributed by atoms with Crippen LogP contribution in [0.5, 0.6) is 0 Å². The van der Waals surface area contributed by atoms with E-state index in [0.717, 1.165) is 36.5 Å². The quantitative estimate of drug-likeness (QED) is 0.775. The van der Waals surface area contributed by atoms with E-state index in [0.29, 0.717) is 10.0 Å². The van der Waals surface area contributed by atoms with E-state index in [1.54, 1.807) is 11.8 Å². The fourth-order valence-electron chi connectivity index (χ4n) is 2.40. The van der Waals surface area contributed by atoms with Gasteiger partial charge in [-0.25, -0.2) is 0 Å². The van der Waals surface area contributed by atoms with Crippen LogP contribution in [-0.4, -0.2) is 18.2 Å². The summed E-state index contributed by atoms with van der Waals surface area (Å²) in [5.74, 6) is 2.29. The monoisotopic (exact) mass is 331 g/mol. The van der Waals surface area contributed by atoms with E-state index in [9.17, 15) is 4.79 Å². The number of amides is 1. The van der Waals surface area contributed by atoms with Gasteiger partial charge in [0.05, 0.1) is 10.0 Å². The van der Waals surface area contributed by atoms with Crippen molar-refractivity contribution in [3.8, 4) is 0 Å². The Bertz CT molecular complexity index is 461. The Hall–Kier alpha value is -0.380. The Morgan fingerprint density at radius 3 is 2.70 bits per heavy atom. The molecule has 1 N–H and O–H groups in total. The minimum atomic E-state index is 0.234. The van der Waals surface area contributed by atoms with Gasteiger partial charge in [0.1, 0.15) is 0 Å². The fourth-order valence-corrected chi connectivity index (χ4v) is 3.52. The molecule has 0 radical (unpaired) electrons. The third-order valence-corrected chi connectivity index (χ3v) is 5.29. The highest BCUT2D eigenvalue weighted by Gasteiger charge is 2.21. The minimum absolute atomic E-state index is 0.234. The zero-order valence-electron chi connectivity index (χ0n) is 11.3. The summed E-state index contributed by atoms with van der Waals surface area (Å²) in [6, 6.07) is 5.70. The average Bonchev–Trinajstić information content (AvgIpc) is 2.96. The van der Waals surface area contributed by atoms with Crippen LogP contribution in [0.25, 0.3) is 0 Å². The third-order valence-electron chi connectivity index (χ3n) is 3.52. The van der Waals surface area contributed by atoms with Gasteiger partial charge in [-0.1, -0.05) is 42.1 Å². The van der Waals surface area contributed by atoms with Gasteiger partial charge < -0.3 is 5.32 Å². The van der Waals surface area contributed by atoms with Crippen LogP contribution in [-0.2, 0) is 10.5 Å². The molecule has 5 heteroatoms. The Morgan fingerprint density at radius 1 is 1.25 bits per heavy atom. The molecule has 2 nitrogen and oxygen atoms in total. The molecule has 110 valence electrons. The van der Waals surface area contributed by atoms with Crippen molar-refractivity contribution < 1.29 is 4.79 Å². The van der Waals surface area contributed by atoms with Crippen LogP contribution >= 0.6 is 35.0 Å². The van der Waals surface area contributed by atoms with Gasteiger partial charge in [-0.15, -0.1) is 0 Å². The van der Waals surface area contributed by atoms with E-state index in [1.807, 2.05) is 18.2 Å². The van der Waals surface area contributed by atoms with E-state index in [1.165, 1.54) is 12.8 Å². The standard InChI is InChI=1S/C15H19Cl2NOS/c16-13-6-5-11(9-14(13)17)10-20-8-7-18-15(19)12-3-1-2-4-12/h5-6,9,12H,1-4,7-8,10H2,(H,18,19). The third kappa shape index (κ3) is 4.87. The smallest absolute Gasteiger partial charge is 0.223 e. The molecule has 2 rings (SSSR count). The molecule has 1 fully saturated rings. The zero-order valence-corrected chi connectivity index (χ0v) is 13.7. The molecule has 0 heterocycles.